The van der Waals surface area contributed by atoms with Crippen LogP contribution in [0.1, 0.15) is 41.7 Å². The molecule has 4 nitrogen and oxygen atoms in total. The SMILES string of the molecule is CC(C)c1nc2sc(Cc3ccc(F)cc3)nn2c1C#N. The molecule has 21 heavy (non-hydrogen) atoms. The molecule has 3 aromatic rings. The average molecular weight is 300 g/mol. The molecule has 0 aliphatic rings. The van der Waals surface area contributed by atoms with Gasteiger partial charge in [0, 0.05) is 6.42 Å². The number of rotatable bonds is 3. The van der Waals surface area contributed by atoms with Crippen LogP contribution >= 0.6 is 11.3 Å². The Morgan fingerprint density at radius 1 is 1.33 bits per heavy atom. The van der Waals surface area contributed by atoms with Crippen molar-refractivity contribution >= 4 is 16.3 Å². The van der Waals surface area contributed by atoms with E-state index in [-0.39, 0.29) is 11.7 Å². The van der Waals surface area contributed by atoms with Gasteiger partial charge in [-0.1, -0.05) is 37.3 Å². The molecule has 0 aliphatic heterocycles. The number of benzene rings is 1. The fourth-order valence-corrected chi connectivity index (χ4v) is 3.09. The number of halogens is 1. The van der Waals surface area contributed by atoms with Gasteiger partial charge in [-0.3, -0.25) is 0 Å². The molecular weight excluding hydrogens is 287 g/mol. The Hall–Kier alpha value is -2.26. The maximum atomic E-state index is 12.9. The van der Waals surface area contributed by atoms with Crippen molar-refractivity contribution in [1.82, 2.24) is 14.6 Å². The monoisotopic (exact) mass is 300 g/mol. The third-order valence-electron chi connectivity index (χ3n) is 3.19. The van der Waals surface area contributed by atoms with Crippen molar-refractivity contribution in [2.45, 2.75) is 26.2 Å². The Labute approximate surface area is 125 Å². The number of hydrogen-bond donors (Lipinski definition) is 0. The molecule has 3 rings (SSSR count). The molecule has 0 unspecified atom stereocenters. The van der Waals surface area contributed by atoms with Crippen molar-refractivity contribution < 1.29 is 4.39 Å². The summed E-state index contributed by atoms with van der Waals surface area (Å²) in [5.41, 5.74) is 2.27. The highest BCUT2D eigenvalue weighted by molar-refractivity contribution is 7.16. The molecule has 2 aromatic heterocycles. The van der Waals surface area contributed by atoms with Gasteiger partial charge >= 0.3 is 0 Å². The van der Waals surface area contributed by atoms with Crippen LogP contribution in [0, 0.1) is 17.1 Å². The van der Waals surface area contributed by atoms with Crippen molar-refractivity contribution in [1.29, 1.82) is 5.26 Å². The predicted octanol–water partition coefficient (Wildman–Crippen LogP) is 3.52. The van der Waals surface area contributed by atoms with E-state index in [9.17, 15) is 9.65 Å². The Morgan fingerprint density at radius 3 is 2.67 bits per heavy atom. The highest BCUT2D eigenvalue weighted by atomic mass is 32.1. The maximum absolute atomic E-state index is 12.9. The zero-order valence-corrected chi connectivity index (χ0v) is 12.5. The third kappa shape index (κ3) is 2.52. The van der Waals surface area contributed by atoms with E-state index in [4.69, 9.17) is 0 Å². The number of aromatic nitrogens is 3. The van der Waals surface area contributed by atoms with E-state index in [1.165, 1.54) is 23.5 Å². The lowest BCUT2D eigenvalue weighted by Crippen LogP contribution is -1.97. The van der Waals surface area contributed by atoms with Gasteiger partial charge in [0.05, 0.1) is 5.69 Å². The van der Waals surface area contributed by atoms with Crippen molar-refractivity contribution in [2.75, 3.05) is 0 Å². The van der Waals surface area contributed by atoms with Crippen LogP contribution in [0.4, 0.5) is 4.39 Å². The molecule has 0 bridgehead atoms. The van der Waals surface area contributed by atoms with Crippen LogP contribution in [0.5, 0.6) is 0 Å². The first-order valence-corrected chi connectivity index (χ1v) is 7.43. The summed E-state index contributed by atoms with van der Waals surface area (Å²) in [4.78, 5) is 5.22. The van der Waals surface area contributed by atoms with Crippen molar-refractivity contribution in [3.63, 3.8) is 0 Å². The normalized spacial score (nSPS) is 11.2. The summed E-state index contributed by atoms with van der Waals surface area (Å²) in [6.45, 7) is 4.01. The van der Waals surface area contributed by atoms with Crippen molar-refractivity contribution in [3.05, 3.63) is 52.0 Å². The van der Waals surface area contributed by atoms with Gasteiger partial charge in [-0.05, 0) is 23.6 Å². The average Bonchev–Trinajstić information content (AvgIpc) is 2.98. The van der Waals surface area contributed by atoms with E-state index < -0.39 is 0 Å². The highest BCUT2D eigenvalue weighted by Crippen LogP contribution is 2.24. The number of nitrogens with zero attached hydrogens (tertiary/aromatic N) is 4. The largest absolute Gasteiger partial charge is 0.221 e. The lowest BCUT2D eigenvalue weighted by Gasteiger charge is -1.99. The molecule has 0 saturated heterocycles. The topological polar surface area (TPSA) is 54.0 Å². The lowest BCUT2D eigenvalue weighted by molar-refractivity contribution is 0.627. The second-order valence-electron chi connectivity index (χ2n) is 5.11. The molecule has 2 heterocycles. The summed E-state index contributed by atoms with van der Waals surface area (Å²) in [5, 5.41) is 14.6. The van der Waals surface area contributed by atoms with Crippen LogP contribution in [0.15, 0.2) is 24.3 Å². The minimum atomic E-state index is -0.249. The summed E-state index contributed by atoms with van der Waals surface area (Å²) >= 11 is 1.46. The molecule has 0 spiro atoms. The van der Waals surface area contributed by atoms with Crippen LogP contribution in [0.25, 0.3) is 4.96 Å². The molecule has 0 fully saturated rings. The standard InChI is InChI=1S/C15H13FN4S/c1-9(2)14-12(8-17)20-15(18-14)21-13(19-20)7-10-3-5-11(16)6-4-10/h3-6,9H,7H2,1-2H3. The summed E-state index contributed by atoms with van der Waals surface area (Å²) < 4.78 is 14.5. The van der Waals surface area contributed by atoms with Crippen LogP contribution in [0.3, 0.4) is 0 Å². The smallest absolute Gasteiger partial charge is 0.213 e. The fourth-order valence-electron chi connectivity index (χ4n) is 2.16. The molecule has 0 N–H and O–H groups in total. The summed E-state index contributed by atoms with van der Waals surface area (Å²) in [6, 6.07) is 8.53. The van der Waals surface area contributed by atoms with Crippen LogP contribution in [-0.4, -0.2) is 14.6 Å². The summed E-state index contributed by atoms with van der Waals surface area (Å²) in [5.74, 6) is -0.0601. The molecule has 106 valence electrons. The first-order chi connectivity index (χ1) is 10.1. The zero-order valence-electron chi connectivity index (χ0n) is 11.7. The van der Waals surface area contributed by atoms with Gasteiger partial charge < -0.3 is 0 Å². The fraction of sp³-hybridized carbons (Fsp3) is 0.267. The number of imidazole rings is 1. The molecule has 1 aromatic carbocycles. The van der Waals surface area contributed by atoms with Crippen LogP contribution < -0.4 is 0 Å². The number of fused-ring (bicyclic) bond motifs is 1. The molecule has 0 amide bonds. The van der Waals surface area contributed by atoms with E-state index in [0.717, 1.165) is 21.2 Å². The van der Waals surface area contributed by atoms with Gasteiger partial charge in [0.2, 0.25) is 4.96 Å². The molecule has 6 heteroatoms. The lowest BCUT2D eigenvalue weighted by atomic mass is 10.1. The van der Waals surface area contributed by atoms with Crippen LogP contribution in [-0.2, 0) is 6.42 Å². The first-order valence-electron chi connectivity index (χ1n) is 6.61. The molecular formula is C15H13FN4S. The summed E-state index contributed by atoms with van der Waals surface area (Å²) in [7, 11) is 0. The van der Waals surface area contributed by atoms with Gasteiger partial charge in [0.15, 0.2) is 5.69 Å². The Morgan fingerprint density at radius 2 is 2.05 bits per heavy atom. The minimum absolute atomic E-state index is 0.189. The van der Waals surface area contributed by atoms with E-state index in [2.05, 4.69) is 16.2 Å². The maximum Gasteiger partial charge on any atom is 0.213 e. The molecule has 0 radical (unpaired) electrons. The summed E-state index contributed by atoms with van der Waals surface area (Å²) in [6.07, 6.45) is 0.607. The predicted molar refractivity (Wildman–Crippen MR) is 78.9 cm³/mol. The van der Waals surface area contributed by atoms with Gasteiger partial charge in [0.25, 0.3) is 0 Å². The number of hydrogen-bond acceptors (Lipinski definition) is 4. The quantitative estimate of drug-likeness (QED) is 0.743. The highest BCUT2D eigenvalue weighted by Gasteiger charge is 2.18. The van der Waals surface area contributed by atoms with Gasteiger partial charge in [-0.15, -0.1) is 0 Å². The molecule has 0 aliphatic carbocycles. The number of nitriles is 1. The van der Waals surface area contributed by atoms with E-state index >= 15 is 0 Å². The Balaban J connectivity index is 1.97. The Kier molecular flexibility index (Phi) is 3.43. The van der Waals surface area contributed by atoms with Gasteiger partial charge in [-0.2, -0.15) is 14.9 Å². The molecule has 0 atom stereocenters. The van der Waals surface area contributed by atoms with Crippen molar-refractivity contribution in [2.24, 2.45) is 0 Å². The van der Waals surface area contributed by atoms with Gasteiger partial charge in [0.1, 0.15) is 16.9 Å². The van der Waals surface area contributed by atoms with Crippen LogP contribution in [0.2, 0.25) is 0 Å². The third-order valence-corrected chi connectivity index (χ3v) is 4.10. The minimum Gasteiger partial charge on any atom is -0.221 e. The second kappa shape index (κ2) is 5.26. The van der Waals surface area contributed by atoms with Crippen molar-refractivity contribution in [3.8, 4) is 6.07 Å². The molecule has 0 saturated carbocycles. The first kappa shape index (κ1) is 13.7. The van der Waals surface area contributed by atoms with E-state index in [1.54, 1.807) is 16.6 Å². The second-order valence-corrected chi connectivity index (χ2v) is 6.15. The van der Waals surface area contributed by atoms with E-state index in [1.807, 2.05) is 13.8 Å². The van der Waals surface area contributed by atoms with E-state index in [0.29, 0.717) is 12.1 Å². The van der Waals surface area contributed by atoms with Gasteiger partial charge in [-0.25, -0.2) is 9.37 Å². The zero-order chi connectivity index (χ0) is 15.0. The Bertz CT molecular complexity index is 824.